The number of anilines is 1. The molecule has 2 heterocycles. The third-order valence-corrected chi connectivity index (χ3v) is 6.04. The van der Waals surface area contributed by atoms with Crippen molar-refractivity contribution in [2.45, 2.75) is 25.8 Å². The zero-order valence-corrected chi connectivity index (χ0v) is 19.8. The van der Waals surface area contributed by atoms with E-state index in [1.54, 1.807) is 24.3 Å². The Morgan fingerprint density at radius 3 is 2.44 bits per heavy atom. The molecule has 0 aliphatic rings. The normalized spacial score (nSPS) is 12.4. The van der Waals surface area contributed by atoms with Crippen LogP contribution in [0.1, 0.15) is 34.8 Å². The van der Waals surface area contributed by atoms with Crippen molar-refractivity contribution < 1.29 is 9.90 Å². The molecule has 0 aliphatic heterocycles. The molecule has 2 aromatic heterocycles. The van der Waals surface area contributed by atoms with Crippen molar-refractivity contribution in [3.8, 4) is 5.75 Å². The highest BCUT2D eigenvalue weighted by molar-refractivity contribution is 6.10. The summed E-state index contributed by atoms with van der Waals surface area (Å²) in [7, 11) is 0. The topological polar surface area (TPSA) is 118 Å². The highest BCUT2D eigenvalue weighted by atomic mass is 16.3. The van der Waals surface area contributed by atoms with E-state index < -0.39 is 0 Å². The van der Waals surface area contributed by atoms with Gasteiger partial charge >= 0.3 is 0 Å². The second-order valence-corrected chi connectivity index (χ2v) is 8.66. The first-order chi connectivity index (χ1) is 17.5. The number of hydrogen-bond acceptors (Lipinski definition) is 6. The molecule has 5 rings (SSSR count). The zero-order valence-electron chi connectivity index (χ0n) is 19.8. The van der Waals surface area contributed by atoms with Crippen LogP contribution in [-0.4, -0.2) is 37.9 Å². The predicted molar refractivity (Wildman–Crippen MR) is 142 cm³/mol. The van der Waals surface area contributed by atoms with E-state index in [0.717, 1.165) is 12.8 Å². The number of carbonyl (C=O) groups excluding carboxylic acids is 1. The number of carbonyl (C=O) groups is 1. The molecular formula is C28H26N6O2. The van der Waals surface area contributed by atoms with Gasteiger partial charge in [-0.25, -0.2) is 9.97 Å². The van der Waals surface area contributed by atoms with Crippen LogP contribution >= 0.6 is 0 Å². The van der Waals surface area contributed by atoms with Gasteiger partial charge in [0.05, 0.1) is 17.2 Å². The lowest BCUT2D eigenvalue weighted by Gasteiger charge is -2.14. The van der Waals surface area contributed by atoms with Gasteiger partial charge < -0.3 is 16.2 Å². The standard InChI is InChI=1S/C28H26N6O2/c1-18(15-16-19-9-3-2-4-10-19)31-28(36)24-25-27(33-22-13-7-6-12-21(22)32-25)34(26(24)29)30-17-20-11-5-8-14-23(20)35/h2-14,17-18,35H,15-16,29H2,1H3,(H,31,36)/b30-17-/t18-/m1/s1. The summed E-state index contributed by atoms with van der Waals surface area (Å²) in [5, 5.41) is 17.6. The van der Waals surface area contributed by atoms with Gasteiger partial charge in [0.2, 0.25) is 0 Å². The van der Waals surface area contributed by atoms with E-state index in [1.807, 2.05) is 49.4 Å². The Morgan fingerprint density at radius 2 is 1.69 bits per heavy atom. The Bertz CT molecular complexity index is 1580. The van der Waals surface area contributed by atoms with Gasteiger partial charge in [0, 0.05) is 11.6 Å². The summed E-state index contributed by atoms with van der Waals surface area (Å²) in [4.78, 5) is 22.8. The maximum Gasteiger partial charge on any atom is 0.257 e. The first-order valence-corrected chi connectivity index (χ1v) is 11.7. The van der Waals surface area contributed by atoms with Gasteiger partial charge in [0.25, 0.3) is 5.91 Å². The first kappa shape index (κ1) is 23.0. The van der Waals surface area contributed by atoms with E-state index in [1.165, 1.54) is 16.5 Å². The number of benzene rings is 3. The van der Waals surface area contributed by atoms with Gasteiger partial charge in [0.15, 0.2) is 5.65 Å². The molecule has 0 fully saturated rings. The molecule has 0 bridgehead atoms. The van der Waals surface area contributed by atoms with Crippen molar-refractivity contribution in [1.29, 1.82) is 0 Å². The van der Waals surface area contributed by atoms with Crippen LogP contribution in [0.2, 0.25) is 0 Å². The number of aryl methyl sites for hydroxylation is 1. The Labute approximate surface area is 208 Å². The van der Waals surface area contributed by atoms with Crippen LogP contribution in [0.15, 0.2) is 84.0 Å². The number of nitrogens with two attached hydrogens (primary N) is 1. The van der Waals surface area contributed by atoms with Crippen LogP contribution in [0.25, 0.3) is 22.2 Å². The van der Waals surface area contributed by atoms with Crippen LogP contribution in [0.3, 0.4) is 0 Å². The number of phenols is 1. The SMILES string of the molecule is C[C@H](CCc1ccccc1)NC(=O)c1c(N)n(/N=C\c2ccccc2O)c2nc3ccccc3nc12. The summed E-state index contributed by atoms with van der Waals surface area (Å²) in [5.41, 5.74) is 10.5. The second-order valence-electron chi connectivity index (χ2n) is 8.66. The van der Waals surface area contributed by atoms with Gasteiger partial charge in [-0.2, -0.15) is 9.78 Å². The Morgan fingerprint density at radius 1 is 1.03 bits per heavy atom. The van der Waals surface area contributed by atoms with Crippen molar-refractivity contribution in [2.75, 3.05) is 5.73 Å². The van der Waals surface area contributed by atoms with Gasteiger partial charge in [-0.1, -0.05) is 54.6 Å². The molecule has 0 aliphatic carbocycles. The van der Waals surface area contributed by atoms with Crippen LogP contribution in [0.4, 0.5) is 5.82 Å². The molecule has 0 radical (unpaired) electrons. The minimum Gasteiger partial charge on any atom is -0.507 e. The van der Waals surface area contributed by atoms with E-state index in [4.69, 9.17) is 15.7 Å². The van der Waals surface area contributed by atoms with E-state index >= 15 is 0 Å². The minimum atomic E-state index is -0.334. The largest absolute Gasteiger partial charge is 0.507 e. The number of nitrogens with zero attached hydrogens (tertiary/aromatic N) is 4. The highest BCUT2D eigenvalue weighted by Gasteiger charge is 2.25. The molecule has 8 heteroatoms. The smallest absolute Gasteiger partial charge is 0.257 e. The third-order valence-electron chi connectivity index (χ3n) is 6.04. The van der Waals surface area contributed by atoms with Crippen molar-refractivity contribution in [3.63, 3.8) is 0 Å². The Hall–Kier alpha value is -4.72. The lowest BCUT2D eigenvalue weighted by Crippen LogP contribution is -2.33. The van der Waals surface area contributed by atoms with Gasteiger partial charge in [-0.05, 0) is 49.6 Å². The van der Waals surface area contributed by atoms with Crippen LogP contribution in [-0.2, 0) is 6.42 Å². The molecule has 0 unspecified atom stereocenters. The van der Waals surface area contributed by atoms with Crippen LogP contribution in [0.5, 0.6) is 5.75 Å². The molecule has 1 amide bonds. The predicted octanol–water partition coefficient (Wildman–Crippen LogP) is 4.51. The summed E-state index contributed by atoms with van der Waals surface area (Å²) in [5.74, 6) is -0.128. The number of nitrogens with one attached hydrogen (secondary N) is 1. The zero-order chi connectivity index (χ0) is 25.1. The molecule has 0 saturated carbocycles. The fourth-order valence-corrected chi connectivity index (χ4v) is 4.10. The van der Waals surface area contributed by atoms with Crippen molar-refractivity contribution >= 4 is 40.1 Å². The fourth-order valence-electron chi connectivity index (χ4n) is 4.10. The molecule has 0 spiro atoms. The maximum atomic E-state index is 13.4. The number of phenolic OH excluding ortho intramolecular Hbond substituents is 1. The summed E-state index contributed by atoms with van der Waals surface area (Å²) in [6, 6.07) is 24.3. The summed E-state index contributed by atoms with van der Waals surface area (Å²) in [6.45, 7) is 1.97. The van der Waals surface area contributed by atoms with Crippen molar-refractivity contribution in [1.82, 2.24) is 20.0 Å². The molecule has 4 N–H and O–H groups in total. The van der Waals surface area contributed by atoms with E-state index in [2.05, 4.69) is 22.6 Å². The summed E-state index contributed by atoms with van der Waals surface area (Å²) >= 11 is 0. The molecular weight excluding hydrogens is 452 g/mol. The number of rotatable bonds is 7. The molecule has 36 heavy (non-hydrogen) atoms. The van der Waals surface area contributed by atoms with E-state index in [0.29, 0.717) is 27.8 Å². The minimum absolute atomic E-state index is 0.0815. The number of aromatic hydroxyl groups is 1. The number of amides is 1. The Balaban J connectivity index is 1.51. The number of nitrogen functional groups attached to an aromatic ring is 1. The summed E-state index contributed by atoms with van der Waals surface area (Å²) < 4.78 is 1.39. The van der Waals surface area contributed by atoms with E-state index in [-0.39, 0.29) is 29.1 Å². The van der Waals surface area contributed by atoms with Crippen LogP contribution < -0.4 is 11.1 Å². The molecule has 1 atom stereocenters. The lowest BCUT2D eigenvalue weighted by molar-refractivity contribution is 0.0940. The lowest BCUT2D eigenvalue weighted by atomic mass is 10.1. The third kappa shape index (κ3) is 4.61. The first-order valence-electron chi connectivity index (χ1n) is 11.7. The average Bonchev–Trinajstić information content (AvgIpc) is 3.16. The molecule has 0 saturated heterocycles. The number of aromatic nitrogens is 3. The van der Waals surface area contributed by atoms with Crippen LogP contribution in [0, 0.1) is 0 Å². The average molecular weight is 479 g/mol. The molecule has 180 valence electrons. The fraction of sp³-hybridized carbons (Fsp3) is 0.143. The second kappa shape index (κ2) is 9.87. The number of para-hydroxylation sites is 3. The molecule has 3 aromatic carbocycles. The molecule has 5 aromatic rings. The van der Waals surface area contributed by atoms with Crippen molar-refractivity contribution in [3.05, 3.63) is 95.6 Å². The summed E-state index contributed by atoms with van der Waals surface area (Å²) in [6.07, 6.45) is 3.09. The van der Waals surface area contributed by atoms with Gasteiger partial charge in [-0.15, -0.1) is 0 Å². The number of fused-ring (bicyclic) bond motifs is 2. The van der Waals surface area contributed by atoms with Gasteiger partial charge in [0.1, 0.15) is 22.6 Å². The molecule has 8 nitrogen and oxygen atoms in total. The number of hydrogen-bond donors (Lipinski definition) is 3. The highest BCUT2D eigenvalue weighted by Crippen LogP contribution is 2.28. The quantitative estimate of drug-likeness (QED) is 0.298. The monoisotopic (exact) mass is 478 g/mol. The maximum absolute atomic E-state index is 13.4. The Kier molecular flexibility index (Phi) is 6.32. The van der Waals surface area contributed by atoms with Gasteiger partial charge in [-0.3, -0.25) is 4.79 Å². The van der Waals surface area contributed by atoms with Crippen molar-refractivity contribution in [2.24, 2.45) is 5.10 Å². The van der Waals surface area contributed by atoms with E-state index in [9.17, 15) is 9.90 Å².